The normalized spacial score (nSPS) is 25.9. The van der Waals surface area contributed by atoms with Crippen LogP contribution in [0.25, 0.3) is 0 Å². The van der Waals surface area contributed by atoms with Crippen molar-refractivity contribution in [1.82, 2.24) is 25.0 Å². The van der Waals surface area contributed by atoms with Crippen molar-refractivity contribution >= 4 is 5.96 Å². The molecule has 2 aliphatic rings. The summed E-state index contributed by atoms with van der Waals surface area (Å²) >= 11 is 0. The van der Waals surface area contributed by atoms with Crippen LogP contribution >= 0.6 is 0 Å². The molecule has 6 heteroatoms. The molecule has 1 N–H and O–H groups in total. The van der Waals surface area contributed by atoms with Gasteiger partial charge in [-0.2, -0.15) is 0 Å². The molecular weight excluding hydrogens is 288 g/mol. The summed E-state index contributed by atoms with van der Waals surface area (Å²) in [7, 11) is 1.87. The van der Waals surface area contributed by atoms with Crippen LogP contribution in [0.4, 0.5) is 0 Å². The van der Waals surface area contributed by atoms with Gasteiger partial charge in [-0.05, 0) is 31.1 Å². The summed E-state index contributed by atoms with van der Waals surface area (Å²) in [6.07, 6.45) is 6.13. The predicted molar refractivity (Wildman–Crippen MR) is 92.3 cm³/mol. The van der Waals surface area contributed by atoms with Gasteiger partial charge in [-0.15, -0.1) is 10.2 Å². The van der Waals surface area contributed by atoms with Gasteiger partial charge in [-0.25, -0.2) is 0 Å². The van der Waals surface area contributed by atoms with Gasteiger partial charge >= 0.3 is 0 Å². The molecule has 3 rings (SSSR count). The standard InChI is InChI=1S/C17H30N6/c1-13-9-14(2)12-22(11-13)17(18-3)19-10-16-21-20-15-7-5-4-6-8-23(15)16/h13-14H,4-12H2,1-3H3,(H,18,19). The van der Waals surface area contributed by atoms with E-state index in [9.17, 15) is 0 Å². The quantitative estimate of drug-likeness (QED) is 0.670. The average Bonchev–Trinajstić information content (AvgIpc) is 2.75. The number of hydrogen-bond donors (Lipinski definition) is 1. The number of aryl methyl sites for hydroxylation is 1. The fourth-order valence-corrected chi connectivity index (χ4v) is 4.00. The molecule has 0 bridgehead atoms. The van der Waals surface area contributed by atoms with Gasteiger partial charge in [0, 0.05) is 33.1 Å². The van der Waals surface area contributed by atoms with Gasteiger partial charge in [0.25, 0.3) is 0 Å². The van der Waals surface area contributed by atoms with Crippen LogP contribution in [0, 0.1) is 11.8 Å². The second-order valence-electron chi connectivity index (χ2n) is 7.25. The van der Waals surface area contributed by atoms with E-state index in [2.05, 4.69) is 43.8 Å². The molecule has 1 saturated heterocycles. The van der Waals surface area contributed by atoms with Crippen LogP contribution in [0.15, 0.2) is 4.99 Å². The molecule has 0 saturated carbocycles. The number of nitrogens with one attached hydrogen (secondary N) is 1. The van der Waals surface area contributed by atoms with Crippen LogP contribution < -0.4 is 5.32 Å². The van der Waals surface area contributed by atoms with Gasteiger partial charge in [0.1, 0.15) is 5.82 Å². The Kier molecular flexibility index (Phi) is 5.18. The summed E-state index contributed by atoms with van der Waals surface area (Å²) in [5, 5.41) is 12.3. The van der Waals surface area contributed by atoms with Crippen molar-refractivity contribution in [3.05, 3.63) is 11.6 Å². The van der Waals surface area contributed by atoms with Crippen molar-refractivity contribution in [2.75, 3.05) is 20.1 Å². The average molecular weight is 318 g/mol. The molecule has 2 atom stereocenters. The lowest BCUT2D eigenvalue weighted by Crippen LogP contribution is -2.48. The maximum absolute atomic E-state index is 4.48. The Hall–Kier alpha value is -1.59. The molecule has 1 aromatic rings. The van der Waals surface area contributed by atoms with Crippen LogP contribution in [-0.4, -0.2) is 45.8 Å². The Morgan fingerprint density at radius 2 is 1.96 bits per heavy atom. The second-order valence-corrected chi connectivity index (χ2v) is 7.25. The Bertz CT molecular complexity index is 539. The van der Waals surface area contributed by atoms with Gasteiger partial charge < -0.3 is 14.8 Å². The van der Waals surface area contributed by atoms with E-state index in [1.54, 1.807) is 0 Å². The number of nitrogens with zero attached hydrogens (tertiary/aromatic N) is 5. The molecule has 0 radical (unpaired) electrons. The van der Waals surface area contributed by atoms with E-state index in [-0.39, 0.29) is 0 Å². The van der Waals surface area contributed by atoms with Gasteiger partial charge in [0.2, 0.25) is 0 Å². The Morgan fingerprint density at radius 3 is 2.70 bits per heavy atom. The van der Waals surface area contributed by atoms with Gasteiger partial charge in [-0.1, -0.05) is 20.3 Å². The summed E-state index contributed by atoms with van der Waals surface area (Å²) in [5.41, 5.74) is 0. The zero-order chi connectivity index (χ0) is 16.2. The third kappa shape index (κ3) is 3.85. The molecule has 128 valence electrons. The largest absolute Gasteiger partial charge is 0.349 e. The SMILES string of the molecule is CN=C(NCc1nnc2n1CCCCC2)N1CC(C)CC(C)C1. The number of hydrogen-bond acceptors (Lipinski definition) is 3. The topological polar surface area (TPSA) is 58.3 Å². The second kappa shape index (κ2) is 7.32. The van der Waals surface area contributed by atoms with E-state index in [4.69, 9.17) is 0 Å². The van der Waals surface area contributed by atoms with Crippen molar-refractivity contribution in [3.8, 4) is 0 Å². The Morgan fingerprint density at radius 1 is 1.17 bits per heavy atom. The van der Waals surface area contributed by atoms with Crippen molar-refractivity contribution in [1.29, 1.82) is 0 Å². The first-order valence-electron chi connectivity index (χ1n) is 9.04. The number of fused-ring (bicyclic) bond motifs is 1. The molecule has 2 aliphatic heterocycles. The highest BCUT2D eigenvalue weighted by molar-refractivity contribution is 5.79. The smallest absolute Gasteiger partial charge is 0.194 e. The number of aliphatic imine (C=N–C) groups is 1. The van der Waals surface area contributed by atoms with Crippen molar-refractivity contribution in [2.24, 2.45) is 16.8 Å². The van der Waals surface area contributed by atoms with Crippen LogP contribution in [0.5, 0.6) is 0 Å². The maximum Gasteiger partial charge on any atom is 0.194 e. The van der Waals surface area contributed by atoms with Gasteiger partial charge in [-0.3, -0.25) is 4.99 Å². The first kappa shape index (κ1) is 16.3. The van der Waals surface area contributed by atoms with Crippen molar-refractivity contribution < 1.29 is 0 Å². The number of aromatic nitrogens is 3. The molecule has 0 spiro atoms. The third-order valence-electron chi connectivity index (χ3n) is 4.97. The lowest BCUT2D eigenvalue weighted by atomic mass is 9.92. The van der Waals surface area contributed by atoms with Gasteiger partial charge in [0.15, 0.2) is 11.8 Å². The van der Waals surface area contributed by atoms with E-state index in [1.807, 2.05) is 7.05 Å². The molecule has 3 heterocycles. The van der Waals surface area contributed by atoms with E-state index in [1.165, 1.54) is 25.7 Å². The molecule has 2 unspecified atom stereocenters. The lowest BCUT2D eigenvalue weighted by molar-refractivity contribution is 0.208. The minimum absolute atomic E-state index is 0.707. The molecule has 0 aliphatic carbocycles. The van der Waals surface area contributed by atoms with E-state index in [0.717, 1.165) is 55.5 Å². The number of rotatable bonds is 2. The summed E-state index contributed by atoms with van der Waals surface area (Å²) in [6, 6.07) is 0. The Balaban J connectivity index is 1.64. The number of likely N-dealkylation sites (tertiary alicyclic amines) is 1. The minimum atomic E-state index is 0.707. The Labute approximate surface area is 139 Å². The summed E-state index contributed by atoms with van der Waals surface area (Å²) in [4.78, 5) is 6.87. The van der Waals surface area contributed by atoms with E-state index < -0.39 is 0 Å². The molecule has 23 heavy (non-hydrogen) atoms. The van der Waals surface area contributed by atoms with E-state index >= 15 is 0 Å². The number of guanidine groups is 1. The zero-order valence-electron chi connectivity index (χ0n) is 14.8. The molecule has 0 amide bonds. The summed E-state index contributed by atoms with van der Waals surface area (Å²) < 4.78 is 2.30. The van der Waals surface area contributed by atoms with Gasteiger partial charge in [0.05, 0.1) is 6.54 Å². The fourth-order valence-electron chi connectivity index (χ4n) is 4.00. The van der Waals surface area contributed by atoms with Crippen LogP contribution in [0.1, 0.15) is 51.2 Å². The first-order valence-corrected chi connectivity index (χ1v) is 9.04. The van der Waals surface area contributed by atoms with Crippen molar-refractivity contribution in [3.63, 3.8) is 0 Å². The molecule has 6 nitrogen and oxygen atoms in total. The molecule has 1 aromatic heterocycles. The molecular formula is C17H30N6. The van der Waals surface area contributed by atoms with Crippen LogP contribution in [0.2, 0.25) is 0 Å². The summed E-state index contributed by atoms with van der Waals surface area (Å²) in [5.74, 6) is 4.63. The van der Waals surface area contributed by atoms with Crippen LogP contribution in [0.3, 0.4) is 0 Å². The molecule has 1 fully saturated rings. The lowest BCUT2D eigenvalue weighted by Gasteiger charge is -2.37. The maximum atomic E-state index is 4.48. The van der Waals surface area contributed by atoms with E-state index in [0.29, 0.717) is 6.54 Å². The van der Waals surface area contributed by atoms with Crippen molar-refractivity contribution in [2.45, 2.75) is 59.0 Å². The zero-order valence-corrected chi connectivity index (χ0v) is 14.8. The molecule has 0 aromatic carbocycles. The highest BCUT2D eigenvalue weighted by atomic mass is 15.3. The monoisotopic (exact) mass is 318 g/mol. The summed E-state index contributed by atoms with van der Waals surface area (Å²) in [6.45, 7) is 8.58. The highest BCUT2D eigenvalue weighted by Gasteiger charge is 2.24. The van der Waals surface area contributed by atoms with Crippen LogP contribution in [-0.2, 0) is 19.5 Å². The predicted octanol–water partition coefficient (Wildman–Crippen LogP) is 2.06. The number of piperidine rings is 1. The fraction of sp³-hybridized carbons (Fsp3) is 0.824. The first-order chi connectivity index (χ1) is 11.2. The minimum Gasteiger partial charge on any atom is -0.349 e. The third-order valence-corrected chi connectivity index (χ3v) is 4.97. The highest BCUT2D eigenvalue weighted by Crippen LogP contribution is 2.21.